The second-order valence-electron chi connectivity index (χ2n) is 10.0. The van der Waals surface area contributed by atoms with E-state index in [-0.39, 0.29) is 0 Å². The molecule has 0 rings (SSSR count). The van der Waals surface area contributed by atoms with E-state index in [0.29, 0.717) is 0 Å². The second kappa shape index (κ2) is 22.6. The predicted molar refractivity (Wildman–Crippen MR) is 140 cm³/mol. The third kappa shape index (κ3) is 21.0. The molecule has 0 saturated carbocycles. The van der Waals surface area contributed by atoms with Gasteiger partial charge in [0.05, 0.1) is 8.07 Å². The topological polar surface area (TPSA) is 0 Å². The van der Waals surface area contributed by atoms with Crippen molar-refractivity contribution in [2.24, 2.45) is 0 Å². The highest BCUT2D eigenvalue weighted by Gasteiger charge is 2.22. The second-order valence-corrected chi connectivity index (χ2v) is 14.6. The van der Waals surface area contributed by atoms with Crippen LogP contribution in [0.25, 0.3) is 0 Å². The minimum atomic E-state index is -1.16. The third-order valence-electron chi connectivity index (χ3n) is 6.70. The summed E-state index contributed by atoms with van der Waals surface area (Å²) in [7, 11) is -1.16. The van der Waals surface area contributed by atoms with E-state index in [1.54, 1.807) is 12.1 Å². The lowest BCUT2D eigenvalue weighted by molar-refractivity contribution is 0.599. The SMILES string of the molecule is CCCCCCCCC=C[Si](C)(CCCCCCCC)CCCCCCCCC. The smallest absolute Gasteiger partial charge is 0.0743 e. The van der Waals surface area contributed by atoms with Gasteiger partial charge in [-0.25, -0.2) is 0 Å². The summed E-state index contributed by atoms with van der Waals surface area (Å²) >= 11 is 0. The van der Waals surface area contributed by atoms with E-state index in [1.807, 2.05) is 0 Å². The van der Waals surface area contributed by atoms with E-state index in [0.717, 1.165) is 0 Å². The van der Waals surface area contributed by atoms with Gasteiger partial charge in [-0.15, -0.1) is 0 Å². The summed E-state index contributed by atoms with van der Waals surface area (Å²) in [5.41, 5.74) is 2.77. The molecule has 0 aliphatic heterocycles. The van der Waals surface area contributed by atoms with Crippen molar-refractivity contribution in [3.63, 3.8) is 0 Å². The average Bonchev–Trinajstić information content (AvgIpc) is 2.72. The highest BCUT2D eigenvalue weighted by Crippen LogP contribution is 2.25. The van der Waals surface area contributed by atoms with Crippen LogP contribution in [0.3, 0.4) is 0 Å². The van der Waals surface area contributed by atoms with Gasteiger partial charge < -0.3 is 0 Å². The van der Waals surface area contributed by atoms with Crippen LogP contribution < -0.4 is 0 Å². The zero-order valence-corrected chi connectivity index (χ0v) is 22.2. The highest BCUT2D eigenvalue weighted by atomic mass is 28.3. The lowest BCUT2D eigenvalue weighted by Gasteiger charge is -2.24. The molecule has 0 aromatic heterocycles. The van der Waals surface area contributed by atoms with Gasteiger partial charge in [0.2, 0.25) is 0 Å². The lowest BCUT2D eigenvalue weighted by Crippen LogP contribution is -2.27. The van der Waals surface area contributed by atoms with E-state index in [2.05, 4.69) is 39.1 Å². The Balaban J connectivity index is 4.15. The molecule has 29 heavy (non-hydrogen) atoms. The van der Waals surface area contributed by atoms with E-state index in [4.69, 9.17) is 0 Å². The molecule has 0 amide bonds. The fourth-order valence-corrected chi connectivity index (χ4v) is 7.93. The number of allylic oxidation sites excluding steroid dienone is 1. The quantitative estimate of drug-likeness (QED) is 0.113. The summed E-state index contributed by atoms with van der Waals surface area (Å²) in [6.45, 7) is 9.63. The molecule has 0 nitrogen and oxygen atoms in total. The Morgan fingerprint density at radius 3 is 1.21 bits per heavy atom. The first-order chi connectivity index (χ1) is 14.2. The molecule has 1 unspecified atom stereocenters. The molecule has 0 fully saturated rings. The molecule has 0 N–H and O–H groups in total. The van der Waals surface area contributed by atoms with Gasteiger partial charge in [0.15, 0.2) is 0 Å². The van der Waals surface area contributed by atoms with Crippen molar-refractivity contribution in [2.45, 2.75) is 168 Å². The Bertz CT molecular complexity index is 335. The van der Waals surface area contributed by atoms with Crippen molar-refractivity contribution in [3.8, 4) is 0 Å². The van der Waals surface area contributed by atoms with Crippen LogP contribution in [0.1, 0.15) is 149 Å². The molecule has 0 bridgehead atoms. The maximum absolute atomic E-state index is 2.77. The molecular formula is C28H58Si. The van der Waals surface area contributed by atoms with E-state index < -0.39 is 8.07 Å². The van der Waals surface area contributed by atoms with Crippen molar-refractivity contribution in [1.82, 2.24) is 0 Å². The number of hydrogen-bond acceptors (Lipinski definition) is 0. The van der Waals surface area contributed by atoms with Crippen LogP contribution in [-0.2, 0) is 0 Å². The van der Waals surface area contributed by atoms with Crippen molar-refractivity contribution in [3.05, 3.63) is 11.8 Å². The van der Waals surface area contributed by atoms with Gasteiger partial charge >= 0.3 is 0 Å². The molecule has 0 spiro atoms. The van der Waals surface area contributed by atoms with E-state index in [1.165, 1.54) is 128 Å². The van der Waals surface area contributed by atoms with Crippen LogP contribution in [0.5, 0.6) is 0 Å². The molecule has 0 aliphatic rings. The molecule has 0 aromatic carbocycles. The minimum absolute atomic E-state index is 1.16. The van der Waals surface area contributed by atoms with Crippen LogP contribution in [0.15, 0.2) is 11.8 Å². The summed E-state index contributed by atoms with van der Waals surface area (Å²) < 4.78 is 0. The van der Waals surface area contributed by atoms with Crippen LogP contribution in [-0.4, -0.2) is 8.07 Å². The van der Waals surface area contributed by atoms with Gasteiger partial charge in [0.25, 0.3) is 0 Å². The molecule has 1 atom stereocenters. The molecule has 0 saturated heterocycles. The normalized spacial score (nSPS) is 13.9. The number of rotatable bonds is 23. The largest absolute Gasteiger partial charge is 0.0984 e. The van der Waals surface area contributed by atoms with E-state index >= 15 is 0 Å². The standard InChI is InChI=1S/C28H58Si/c1-5-8-11-14-17-19-22-25-28-29(4,26-23-20-16-13-10-7-3)27-24-21-18-15-12-9-6-2/h25,28H,5-24,26-27H2,1-4H3. The average molecular weight is 423 g/mol. The Labute approximate surface area is 187 Å². The number of unbranched alkanes of at least 4 members (excludes halogenated alkanes) is 17. The van der Waals surface area contributed by atoms with Gasteiger partial charge in [0.1, 0.15) is 0 Å². The summed E-state index contributed by atoms with van der Waals surface area (Å²) in [5, 5.41) is 0. The Morgan fingerprint density at radius 1 is 0.448 bits per heavy atom. The zero-order chi connectivity index (χ0) is 21.5. The summed E-state index contributed by atoms with van der Waals surface area (Å²) in [5.74, 6) is 0. The van der Waals surface area contributed by atoms with Crippen molar-refractivity contribution in [1.29, 1.82) is 0 Å². The maximum Gasteiger partial charge on any atom is 0.0743 e. The molecular weight excluding hydrogens is 364 g/mol. The molecule has 1 heteroatoms. The van der Waals surface area contributed by atoms with Gasteiger partial charge in [-0.3, -0.25) is 0 Å². The van der Waals surface area contributed by atoms with Crippen molar-refractivity contribution >= 4 is 8.07 Å². The van der Waals surface area contributed by atoms with Crippen LogP contribution in [0, 0.1) is 0 Å². The minimum Gasteiger partial charge on any atom is -0.0984 e. The van der Waals surface area contributed by atoms with Crippen molar-refractivity contribution < 1.29 is 0 Å². The molecule has 0 aliphatic carbocycles. The lowest BCUT2D eigenvalue weighted by atomic mass is 10.1. The zero-order valence-electron chi connectivity index (χ0n) is 21.2. The van der Waals surface area contributed by atoms with Gasteiger partial charge in [-0.05, 0) is 12.8 Å². The number of hydrogen-bond donors (Lipinski definition) is 0. The van der Waals surface area contributed by atoms with Gasteiger partial charge in [-0.2, -0.15) is 0 Å². The first-order valence-electron chi connectivity index (χ1n) is 13.9. The monoisotopic (exact) mass is 422 g/mol. The van der Waals surface area contributed by atoms with E-state index in [9.17, 15) is 0 Å². The summed E-state index contributed by atoms with van der Waals surface area (Å²) in [6.07, 6.45) is 31.4. The van der Waals surface area contributed by atoms with Crippen LogP contribution in [0.2, 0.25) is 18.6 Å². The summed E-state index contributed by atoms with van der Waals surface area (Å²) in [4.78, 5) is 0. The third-order valence-corrected chi connectivity index (χ3v) is 10.7. The van der Waals surface area contributed by atoms with Crippen molar-refractivity contribution in [2.75, 3.05) is 0 Å². The predicted octanol–water partition coefficient (Wildman–Crippen LogP) is 11.0. The first-order valence-corrected chi connectivity index (χ1v) is 16.9. The molecule has 0 heterocycles. The summed E-state index contributed by atoms with van der Waals surface area (Å²) in [6, 6.07) is 3.09. The first kappa shape index (κ1) is 29.0. The van der Waals surface area contributed by atoms with Crippen LogP contribution in [0.4, 0.5) is 0 Å². The van der Waals surface area contributed by atoms with Gasteiger partial charge in [-0.1, -0.05) is 167 Å². The fourth-order valence-electron chi connectivity index (χ4n) is 4.50. The molecule has 0 radical (unpaired) electrons. The Kier molecular flexibility index (Phi) is 22.6. The Hall–Kier alpha value is -0.0431. The molecule has 174 valence electrons. The van der Waals surface area contributed by atoms with Crippen LogP contribution >= 0.6 is 0 Å². The molecule has 0 aromatic rings. The Morgan fingerprint density at radius 2 is 0.793 bits per heavy atom. The highest BCUT2D eigenvalue weighted by molar-refractivity contribution is 6.83. The fraction of sp³-hybridized carbons (Fsp3) is 0.929. The maximum atomic E-state index is 2.77. The van der Waals surface area contributed by atoms with Gasteiger partial charge in [0, 0.05) is 0 Å².